The highest BCUT2D eigenvalue weighted by Crippen LogP contribution is 2.18. The maximum Gasteiger partial charge on any atom is 0.316 e. The van der Waals surface area contributed by atoms with Crippen LogP contribution in [0.2, 0.25) is 0 Å². The molecule has 1 saturated heterocycles. The molecule has 1 heterocycles. The summed E-state index contributed by atoms with van der Waals surface area (Å²) in [5.74, 6) is -1.25. The molecule has 136 valence electrons. The summed E-state index contributed by atoms with van der Waals surface area (Å²) in [4.78, 5) is 30.4. The lowest BCUT2D eigenvalue weighted by Gasteiger charge is -2.36. The molecule has 1 fully saturated rings. The van der Waals surface area contributed by atoms with Gasteiger partial charge >= 0.3 is 11.8 Å². The van der Waals surface area contributed by atoms with Crippen molar-refractivity contribution in [1.29, 1.82) is 0 Å². The normalized spacial score (nSPS) is 14.2. The molecule has 5 nitrogen and oxygen atoms in total. The van der Waals surface area contributed by atoms with Gasteiger partial charge in [-0.2, -0.15) is 0 Å². The van der Waals surface area contributed by atoms with Crippen molar-refractivity contribution in [1.82, 2.24) is 4.90 Å². The first kappa shape index (κ1) is 17.9. The SMILES string of the molecule is CCN(C(=O)C(=O)N1CCN(c2ccc(F)cc2)CC1)c1ccccc1. The van der Waals surface area contributed by atoms with Crippen LogP contribution in [0, 0.1) is 5.82 Å². The Morgan fingerprint density at radius 2 is 1.58 bits per heavy atom. The topological polar surface area (TPSA) is 43.9 Å². The highest BCUT2D eigenvalue weighted by molar-refractivity contribution is 6.40. The molecule has 0 aliphatic carbocycles. The molecule has 2 aromatic rings. The summed E-state index contributed by atoms with van der Waals surface area (Å²) in [6.07, 6.45) is 0. The van der Waals surface area contributed by atoms with E-state index in [0.717, 1.165) is 11.4 Å². The van der Waals surface area contributed by atoms with Crippen LogP contribution in [0.4, 0.5) is 15.8 Å². The number of carbonyl (C=O) groups excluding carboxylic acids is 2. The Morgan fingerprint density at radius 3 is 2.15 bits per heavy atom. The van der Waals surface area contributed by atoms with Gasteiger partial charge in [0.15, 0.2) is 0 Å². The molecule has 3 rings (SSSR count). The van der Waals surface area contributed by atoms with E-state index in [-0.39, 0.29) is 5.82 Å². The van der Waals surface area contributed by atoms with E-state index in [0.29, 0.717) is 32.7 Å². The predicted molar refractivity (Wildman–Crippen MR) is 99.7 cm³/mol. The van der Waals surface area contributed by atoms with Crippen molar-refractivity contribution in [3.63, 3.8) is 0 Å². The van der Waals surface area contributed by atoms with Gasteiger partial charge in [-0.3, -0.25) is 9.59 Å². The summed E-state index contributed by atoms with van der Waals surface area (Å²) < 4.78 is 13.0. The molecule has 0 saturated carbocycles. The van der Waals surface area contributed by atoms with Crippen LogP contribution >= 0.6 is 0 Å². The van der Waals surface area contributed by atoms with E-state index in [4.69, 9.17) is 0 Å². The zero-order valence-corrected chi connectivity index (χ0v) is 14.8. The average molecular weight is 355 g/mol. The number of anilines is 2. The molecule has 0 N–H and O–H groups in total. The standard InChI is InChI=1S/C20H22FN3O2/c1-2-24(18-6-4-3-5-7-18)20(26)19(25)23-14-12-22(13-15-23)17-10-8-16(21)9-11-17/h3-11H,2,12-15H2,1H3. The molecular formula is C20H22FN3O2. The van der Waals surface area contributed by atoms with Crippen molar-refractivity contribution in [2.24, 2.45) is 0 Å². The summed E-state index contributed by atoms with van der Waals surface area (Å²) in [6.45, 7) is 4.45. The number of benzene rings is 2. The van der Waals surface area contributed by atoms with E-state index in [1.165, 1.54) is 17.0 Å². The van der Waals surface area contributed by atoms with Crippen molar-refractivity contribution >= 4 is 23.2 Å². The predicted octanol–water partition coefficient (Wildman–Crippen LogP) is 2.53. The number of hydrogen-bond acceptors (Lipinski definition) is 3. The van der Waals surface area contributed by atoms with Crippen molar-refractivity contribution in [3.05, 3.63) is 60.4 Å². The maximum absolute atomic E-state index is 13.0. The van der Waals surface area contributed by atoms with Crippen LogP contribution in [0.1, 0.15) is 6.92 Å². The summed E-state index contributed by atoms with van der Waals surface area (Å²) in [7, 11) is 0. The number of likely N-dealkylation sites (N-methyl/N-ethyl adjacent to an activating group) is 1. The maximum atomic E-state index is 13.0. The van der Waals surface area contributed by atoms with Crippen LogP contribution in [-0.4, -0.2) is 49.4 Å². The minimum Gasteiger partial charge on any atom is -0.368 e. The second kappa shape index (κ2) is 7.99. The van der Waals surface area contributed by atoms with Crippen LogP contribution in [0.15, 0.2) is 54.6 Å². The number of para-hydroxylation sites is 1. The summed E-state index contributed by atoms with van der Waals surface area (Å²) >= 11 is 0. The minimum atomic E-state index is -0.506. The van der Waals surface area contributed by atoms with Crippen molar-refractivity contribution in [2.45, 2.75) is 6.92 Å². The molecule has 0 atom stereocenters. The van der Waals surface area contributed by atoms with E-state index in [1.807, 2.05) is 37.3 Å². The lowest BCUT2D eigenvalue weighted by Crippen LogP contribution is -2.53. The van der Waals surface area contributed by atoms with Gasteiger partial charge in [0.1, 0.15) is 5.82 Å². The van der Waals surface area contributed by atoms with Gasteiger partial charge in [-0.1, -0.05) is 18.2 Å². The van der Waals surface area contributed by atoms with Crippen LogP contribution in [-0.2, 0) is 9.59 Å². The Bertz CT molecular complexity index is 756. The number of halogens is 1. The van der Waals surface area contributed by atoms with E-state index in [9.17, 15) is 14.0 Å². The number of nitrogens with zero attached hydrogens (tertiary/aromatic N) is 3. The Labute approximate surface area is 152 Å². The van der Waals surface area contributed by atoms with Gasteiger partial charge in [0.2, 0.25) is 0 Å². The molecule has 2 aromatic carbocycles. The highest BCUT2D eigenvalue weighted by Gasteiger charge is 2.29. The number of hydrogen-bond donors (Lipinski definition) is 0. The van der Waals surface area contributed by atoms with Crippen LogP contribution in [0.5, 0.6) is 0 Å². The minimum absolute atomic E-state index is 0.270. The van der Waals surface area contributed by atoms with Gasteiger partial charge in [0, 0.05) is 44.1 Å². The zero-order valence-electron chi connectivity index (χ0n) is 14.8. The van der Waals surface area contributed by atoms with Crippen molar-refractivity contribution < 1.29 is 14.0 Å². The molecule has 1 aliphatic heterocycles. The monoisotopic (exact) mass is 355 g/mol. The number of piperazine rings is 1. The fourth-order valence-electron chi connectivity index (χ4n) is 3.12. The third-order valence-corrected chi connectivity index (χ3v) is 4.57. The number of carbonyl (C=O) groups is 2. The van der Waals surface area contributed by atoms with E-state index >= 15 is 0 Å². The van der Waals surface area contributed by atoms with Crippen LogP contribution < -0.4 is 9.80 Å². The smallest absolute Gasteiger partial charge is 0.316 e. The molecule has 0 aromatic heterocycles. The molecule has 0 radical (unpaired) electrons. The first-order valence-electron chi connectivity index (χ1n) is 8.76. The molecule has 1 aliphatic rings. The Balaban J connectivity index is 1.62. The third-order valence-electron chi connectivity index (χ3n) is 4.57. The van der Waals surface area contributed by atoms with Gasteiger partial charge in [-0.25, -0.2) is 4.39 Å². The molecule has 6 heteroatoms. The zero-order chi connectivity index (χ0) is 18.5. The van der Waals surface area contributed by atoms with E-state index in [2.05, 4.69) is 4.90 Å². The first-order valence-corrected chi connectivity index (χ1v) is 8.76. The lowest BCUT2D eigenvalue weighted by molar-refractivity contribution is -0.144. The van der Waals surface area contributed by atoms with Gasteiger partial charge in [0.05, 0.1) is 0 Å². The Hall–Kier alpha value is -2.89. The van der Waals surface area contributed by atoms with Crippen LogP contribution in [0.3, 0.4) is 0 Å². The Kier molecular flexibility index (Phi) is 5.51. The third kappa shape index (κ3) is 3.85. The van der Waals surface area contributed by atoms with Gasteiger partial charge in [-0.15, -0.1) is 0 Å². The Morgan fingerprint density at radius 1 is 0.962 bits per heavy atom. The van der Waals surface area contributed by atoms with Crippen LogP contribution in [0.25, 0.3) is 0 Å². The van der Waals surface area contributed by atoms with E-state index < -0.39 is 11.8 Å². The first-order chi connectivity index (χ1) is 12.6. The number of amides is 2. The second-order valence-corrected chi connectivity index (χ2v) is 6.14. The quantitative estimate of drug-likeness (QED) is 0.795. The highest BCUT2D eigenvalue weighted by atomic mass is 19.1. The molecular weight excluding hydrogens is 333 g/mol. The number of rotatable bonds is 3. The van der Waals surface area contributed by atoms with Crippen molar-refractivity contribution in [2.75, 3.05) is 42.5 Å². The van der Waals surface area contributed by atoms with E-state index in [1.54, 1.807) is 17.0 Å². The fraction of sp³-hybridized carbons (Fsp3) is 0.300. The molecule has 0 spiro atoms. The van der Waals surface area contributed by atoms with Crippen molar-refractivity contribution in [3.8, 4) is 0 Å². The fourth-order valence-corrected chi connectivity index (χ4v) is 3.12. The summed E-state index contributed by atoms with van der Waals surface area (Å²) in [5.41, 5.74) is 1.64. The molecule has 0 unspecified atom stereocenters. The summed E-state index contributed by atoms with van der Waals surface area (Å²) in [5, 5.41) is 0. The largest absolute Gasteiger partial charge is 0.368 e. The summed E-state index contributed by atoms with van der Waals surface area (Å²) in [6, 6.07) is 15.5. The molecule has 2 amide bonds. The van der Waals surface area contributed by atoms with Gasteiger partial charge in [-0.05, 0) is 43.3 Å². The second-order valence-electron chi connectivity index (χ2n) is 6.14. The molecule has 26 heavy (non-hydrogen) atoms. The van der Waals surface area contributed by atoms with Gasteiger partial charge in [0.25, 0.3) is 0 Å². The molecule has 0 bridgehead atoms. The van der Waals surface area contributed by atoms with Gasteiger partial charge < -0.3 is 14.7 Å². The average Bonchev–Trinajstić information content (AvgIpc) is 2.69. The lowest BCUT2D eigenvalue weighted by atomic mass is 10.2.